The van der Waals surface area contributed by atoms with E-state index in [1.807, 2.05) is 0 Å². The van der Waals surface area contributed by atoms with E-state index in [-0.39, 0.29) is 31.3 Å². The van der Waals surface area contributed by atoms with Gasteiger partial charge in [0.05, 0.1) is 6.04 Å². The molecule has 0 radical (unpaired) electrons. The summed E-state index contributed by atoms with van der Waals surface area (Å²) in [6.45, 7) is 5.60. The van der Waals surface area contributed by atoms with Crippen molar-refractivity contribution in [2.24, 2.45) is 33.8 Å². The molecule has 4 atom stereocenters. The maximum Gasteiger partial charge on any atom is 0.326 e. The van der Waals surface area contributed by atoms with E-state index < -0.39 is 47.9 Å². The molecule has 13 heteroatoms. The average Bonchev–Trinajstić information content (AvgIpc) is 2.72. The van der Waals surface area contributed by atoms with Gasteiger partial charge in [0.25, 0.3) is 0 Å². The van der Waals surface area contributed by atoms with Crippen LogP contribution in [0.3, 0.4) is 0 Å². The van der Waals surface area contributed by atoms with E-state index in [1.165, 1.54) is 6.92 Å². The van der Waals surface area contributed by atoms with Crippen LogP contribution < -0.4 is 38.9 Å². The third-order valence-corrected chi connectivity index (χ3v) is 4.80. The lowest BCUT2D eigenvalue weighted by Crippen LogP contribution is -2.58. The molecule has 0 aliphatic rings. The largest absolute Gasteiger partial charge is 0.480 e. The van der Waals surface area contributed by atoms with E-state index in [9.17, 15) is 24.3 Å². The van der Waals surface area contributed by atoms with Gasteiger partial charge < -0.3 is 44.0 Å². The summed E-state index contributed by atoms with van der Waals surface area (Å²) in [5.41, 5.74) is 21.6. The van der Waals surface area contributed by atoms with E-state index in [2.05, 4.69) is 20.9 Å². The van der Waals surface area contributed by atoms with Gasteiger partial charge in [-0.2, -0.15) is 0 Å². The van der Waals surface area contributed by atoms with Gasteiger partial charge >= 0.3 is 5.97 Å². The Morgan fingerprint density at radius 2 is 1.42 bits per heavy atom. The molecule has 33 heavy (non-hydrogen) atoms. The Balaban J connectivity index is 5.34. The maximum atomic E-state index is 12.9. The fourth-order valence-electron chi connectivity index (χ4n) is 2.88. The number of nitrogens with zero attached hydrogens (tertiary/aromatic N) is 1. The SMILES string of the molecule is CC(N)C(=O)NC(C(=O)NC(CCCCN)C(=O)NC(CCCN=C(N)N)C(=O)O)C(C)C. The summed E-state index contributed by atoms with van der Waals surface area (Å²) in [6.07, 6.45) is 1.84. The van der Waals surface area contributed by atoms with E-state index in [0.29, 0.717) is 25.8 Å². The van der Waals surface area contributed by atoms with Crippen molar-refractivity contribution in [2.75, 3.05) is 13.1 Å². The molecule has 0 fully saturated rings. The van der Waals surface area contributed by atoms with Crippen molar-refractivity contribution in [3.05, 3.63) is 0 Å². The van der Waals surface area contributed by atoms with Crippen molar-refractivity contribution in [3.8, 4) is 0 Å². The molecule has 0 aliphatic heterocycles. The molecule has 13 nitrogen and oxygen atoms in total. The molecule has 0 rings (SSSR count). The number of guanidine groups is 1. The van der Waals surface area contributed by atoms with Gasteiger partial charge in [-0.25, -0.2) is 4.79 Å². The number of nitrogens with one attached hydrogen (secondary N) is 3. The second kappa shape index (κ2) is 15.8. The van der Waals surface area contributed by atoms with E-state index in [4.69, 9.17) is 22.9 Å². The first kappa shape index (κ1) is 30.1. The molecule has 3 amide bonds. The Hall–Kier alpha value is -2.93. The van der Waals surface area contributed by atoms with Gasteiger partial charge in [-0.15, -0.1) is 0 Å². The van der Waals surface area contributed by atoms with Crippen molar-refractivity contribution < 1.29 is 24.3 Å². The van der Waals surface area contributed by atoms with E-state index in [1.54, 1.807) is 13.8 Å². The van der Waals surface area contributed by atoms with Crippen LogP contribution in [-0.2, 0) is 19.2 Å². The zero-order chi connectivity index (χ0) is 25.6. The Morgan fingerprint density at radius 1 is 0.848 bits per heavy atom. The molecule has 12 N–H and O–H groups in total. The summed E-state index contributed by atoms with van der Waals surface area (Å²) < 4.78 is 0. The van der Waals surface area contributed by atoms with Gasteiger partial charge in [0, 0.05) is 6.54 Å². The summed E-state index contributed by atoms with van der Waals surface area (Å²) in [6, 6.07) is -3.91. The zero-order valence-electron chi connectivity index (χ0n) is 19.7. The summed E-state index contributed by atoms with van der Waals surface area (Å²) in [4.78, 5) is 53.1. The third kappa shape index (κ3) is 12.6. The third-order valence-electron chi connectivity index (χ3n) is 4.80. The molecule has 0 bridgehead atoms. The quantitative estimate of drug-likeness (QED) is 0.0683. The normalized spacial score (nSPS) is 14.5. The van der Waals surface area contributed by atoms with Gasteiger partial charge in [-0.05, 0) is 51.5 Å². The van der Waals surface area contributed by atoms with Crippen LogP contribution in [0.5, 0.6) is 0 Å². The van der Waals surface area contributed by atoms with Crippen molar-refractivity contribution >= 4 is 29.7 Å². The van der Waals surface area contributed by atoms with Gasteiger partial charge in [0.1, 0.15) is 18.1 Å². The Labute approximate surface area is 194 Å². The van der Waals surface area contributed by atoms with Crippen LogP contribution in [0.25, 0.3) is 0 Å². The summed E-state index contributed by atoms with van der Waals surface area (Å²) >= 11 is 0. The van der Waals surface area contributed by atoms with Crippen LogP contribution in [-0.4, -0.2) is 72.0 Å². The highest BCUT2D eigenvalue weighted by Crippen LogP contribution is 2.08. The highest BCUT2D eigenvalue weighted by Gasteiger charge is 2.30. The minimum Gasteiger partial charge on any atom is -0.480 e. The molecule has 4 unspecified atom stereocenters. The van der Waals surface area contributed by atoms with Gasteiger partial charge in [-0.3, -0.25) is 19.4 Å². The van der Waals surface area contributed by atoms with Gasteiger partial charge in [0.2, 0.25) is 17.7 Å². The molecule has 0 aliphatic carbocycles. The number of aliphatic carboxylic acids is 1. The summed E-state index contributed by atoms with van der Waals surface area (Å²) in [5, 5.41) is 17.1. The van der Waals surface area contributed by atoms with E-state index in [0.717, 1.165) is 0 Å². The topological polar surface area (TPSA) is 241 Å². The Bertz CT molecular complexity index is 679. The minimum atomic E-state index is -1.22. The molecule has 0 spiro atoms. The van der Waals surface area contributed by atoms with Crippen molar-refractivity contribution in [1.82, 2.24) is 16.0 Å². The number of aliphatic imine (C=N–C) groups is 1. The summed E-state index contributed by atoms with van der Waals surface area (Å²) in [5.74, 6) is -3.31. The molecule has 0 saturated heterocycles. The van der Waals surface area contributed by atoms with Crippen molar-refractivity contribution in [3.63, 3.8) is 0 Å². The molecule has 0 aromatic carbocycles. The molecule has 0 aromatic heterocycles. The first-order valence-corrected chi connectivity index (χ1v) is 11.1. The van der Waals surface area contributed by atoms with Gasteiger partial charge in [0.15, 0.2) is 5.96 Å². The highest BCUT2D eigenvalue weighted by atomic mass is 16.4. The van der Waals surface area contributed by atoms with Crippen LogP contribution in [0.4, 0.5) is 0 Å². The number of carbonyl (C=O) groups is 4. The highest BCUT2D eigenvalue weighted by molar-refractivity contribution is 5.94. The number of carboxylic acid groups (broad SMARTS) is 1. The number of carboxylic acids is 1. The number of hydrogen-bond donors (Lipinski definition) is 8. The molecule has 0 saturated carbocycles. The molecule has 0 aromatic rings. The predicted octanol–water partition coefficient (Wildman–Crippen LogP) is -2.29. The number of unbranched alkanes of at least 4 members (excludes halogenated alkanes) is 1. The first-order valence-electron chi connectivity index (χ1n) is 11.1. The van der Waals surface area contributed by atoms with Crippen molar-refractivity contribution in [2.45, 2.75) is 77.0 Å². The fraction of sp³-hybridized carbons (Fsp3) is 0.750. The predicted molar refractivity (Wildman–Crippen MR) is 125 cm³/mol. The van der Waals surface area contributed by atoms with Crippen LogP contribution in [0.1, 0.15) is 52.9 Å². The molecular formula is C20H40N8O5. The summed E-state index contributed by atoms with van der Waals surface area (Å²) in [7, 11) is 0. The lowest BCUT2D eigenvalue weighted by molar-refractivity contribution is -0.142. The standard InChI is InChI=1S/C20H40N8O5/c1-11(2)15(28-16(29)12(3)22)18(31)26-13(7-4-5-9-21)17(30)27-14(19(32)33)8-6-10-25-20(23)24/h11-15H,4-10,21-22H2,1-3H3,(H,26,31)(H,27,30)(H,28,29)(H,32,33)(H4,23,24,25). The Kier molecular flexibility index (Phi) is 14.4. The van der Waals surface area contributed by atoms with Crippen LogP contribution in [0, 0.1) is 5.92 Å². The zero-order valence-corrected chi connectivity index (χ0v) is 19.7. The first-order chi connectivity index (χ1) is 15.4. The number of hydrogen-bond acceptors (Lipinski definition) is 7. The number of amides is 3. The minimum absolute atomic E-state index is 0.0976. The average molecular weight is 473 g/mol. The second-order valence-corrected chi connectivity index (χ2v) is 8.21. The molecule has 0 heterocycles. The van der Waals surface area contributed by atoms with Gasteiger partial charge in [-0.1, -0.05) is 13.8 Å². The smallest absolute Gasteiger partial charge is 0.326 e. The lowest BCUT2D eigenvalue weighted by Gasteiger charge is -2.26. The second-order valence-electron chi connectivity index (χ2n) is 8.21. The Morgan fingerprint density at radius 3 is 1.91 bits per heavy atom. The van der Waals surface area contributed by atoms with E-state index >= 15 is 0 Å². The maximum absolute atomic E-state index is 12.9. The molecule has 190 valence electrons. The fourth-order valence-corrected chi connectivity index (χ4v) is 2.88. The van der Waals surface area contributed by atoms with Crippen LogP contribution in [0.15, 0.2) is 4.99 Å². The van der Waals surface area contributed by atoms with Crippen molar-refractivity contribution in [1.29, 1.82) is 0 Å². The van der Waals surface area contributed by atoms with Crippen LogP contribution in [0.2, 0.25) is 0 Å². The number of nitrogens with two attached hydrogens (primary N) is 4. The van der Waals surface area contributed by atoms with Crippen LogP contribution >= 0.6 is 0 Å². The molecular weight excluding hydrogens is 432 g/mol. The number of rotatable bonds is 16. The number of carbonyl (C=O) groups excluding carboxylic acids is 3. The monoisotopic (exact) mass is 472 g/mol. The lowest BCUT2D eigenvalue weighted by atomic mass is 10.0.